The summed E-state index contributed by atoms with van der Waals surface area (Å²) in [7, 11) is 0. The van der Waals surface area contributed by atoms with Gasteiger partial charge >= 0.3 is 0 Å². The van der Waals surface area contributed by atoms with E-state index in [1.807, 2.05) is 52.6 Å². The number of benzene rings is 1. The van der Waals surface area contributed by atoms with Crippen molar-refractivity contribution >= 4 is 17.2 Å². The van der Waals surface area contributed by atoms with Gasteiger partial charge in [0.2, 0.25) is 0 Å². The average Bonchev–Trinajstić information content (AvgIpc) is 3.27. The molecular weight excluding hydrogens is 370 g/mol. The minimum Gasteiger partial charge on any atom is -0.456 e. The molecule has 0 bridgehead atoms. The van der Waals surface area contributed by atoms with Gasteiger partial charge in [-0.2, -0.15) is 0 Å². The molecule has 0 aliphatic carbocycles. The van der Waals surface area contributed by atoms with E-state index in [0.29, 0.717) is 17.1 Å². The lowest BCUT2D eigenvalue weighted by Crippen LogP contribution is -2.49. The highest BCUT2D eigenvalue weighted by molar-refractivity contribution is 7.09. The Morgan fingerprint density at radius 2 is 1.82 bits per heavy atom. The van der Waals surface area contributed by atoms with Crippen LogP contribution in [0.25, 0.3) is 0 Å². The lowest BCUT2D eigenvalue weighted by Gasteiger charge is -2.34. The molecule has 0 radical (unpaired) electrons. The summed E-state index contributed by atoms with van der Waals surface area (Å²) in [4.78, 5) is 22.6. The van der Waals surface area contributed by atoms with Crippen molar-refractivity contribution in [3.63, 3.8) is 0 Å². The number of nitrogens with zero attached hydrogens (tertiary/aromatic N) is 3. The molecule has 0 atom stereocenters. The highest BCUT2D eigenvalue weighted by Crippen LogP contribution is 2.21. The molecule has 4 rings (SSSR count). The van der Waals surface area contributed by atoms with Crippen LogP contribution in [0.15, 0.2) is 66.3 Å². The number of thiophene rings is 1. The smallest absolute Gasteiger partial charge is 0.253 e. The van der Waals surface area contributed by atoms with E-state index >= 15 is 0 Å². The van der Waals surface area contributed by atoms with Crippen LogP contribution in [-0.2, 0) is 6.42 Å². The molecule has 1 amide bonds. The maximum absolute atomic E-state index is 12.8. The molecule has 1 saturated heterocycles. The second kappa shape index (κ2) is 8.99. The predicted octanol–water partition coefficient (Wildman–Crippen LogP) is 3.94. The largest absolute Gasteiger partial charge is 0.456 e. The van der Waals surface area contributed by atoms with Gasteiger partial charge in [0.15, 0.2) is 0 Å². The maximum atomic E-state index is 12.8. The number of amides is 1. The van der Waals surface area contributed by atoms with E-state index in [9.17, 15) is 4.79 Å². The van der Waals surface area contributed by atoms with Crippen LogP contribution in [0.5, 0.6) is 11.5 Å². The fraction of sp³-hybridized carbons (Fsp3) is 0.273. The third-order valence-corrected chi connectivity index (χ3v) is 5.82. The molecule has 0 N–H and O–H groups in total. The molecule has 1 aromatic carbocycles. The minimum atomic E-state index is 0.0887. The van der Waals surface area contributed by atoms with Crippen molar-refractivity contribution in [1.29, 1.82) is 0 Å². The van der Waals surface area contributed by atoms with Crippen LogP contribution in [0, 0.1) is 0 Å². The predicted molar refractivity (Wildman–Crippen MR) is 111 cm³/mol. The third kappa shape index (κ3) is 4.77. The van der Waals surface area contributed by atoms with Crippen LogP contribution in [0.4, 0.5) is 0 Å². The quantitative estimate of drug-likeness (QED) is 0.636. The Morgan fingerprint density at radius 1 is 1.00 bits per heavy atom. The zero-order valence-electron chi connectivity index (χ0n) is 15.7. The van der Waals surface area contributed by atoms with Gasteiger partial charge in [-0.05, 0) is 54.3 Å². The second-order valence-corrected chi connectivity index (χ2v) is 7.81. The summed E-state index contributed by atoms with van der Waals surface area (Å²) in [6.45, 7) is 4.47. The van der Waals surface area contributed by atoms with E-state index in [1.54, 1.807) is 12.4 Å². The van der Waals surface area contributed by atoms with Crippen molar-refractivity contribution in [1.82, 2.24) is 14.8 Å². The molecule has 28 heavy (non-hydrogen) atoms. The van der Waals surface area contributed by atoms with Gasteiger partial charge in [0, 0.05) is 49.4 Å². The standard InChI is InChI=1S/C22H23N3O2S/c26-22(18-5-7-19(8-6-18)27-20-3-1-10-23-17-20)25-14-12-24(13-15-25)11-9-21-4-2-16-28-21/h1-8,10,16-17H,9,11-15H2. The molecule has 0 unspecified atom stereocenters. The molecule has 3 aromatic rings. The number of pyridine rings is 1. The van der Waals surface area contributed by atoms with Crippen LogP contribution < -0.4 is 4.74 Å². The summed E-state index contributed by atoms with van der Waals surface area (Å²) in [6.07, 6.45) is 4.46. The normalized spacial score (nSPS) is 14.8. The highest BCUT2D eigenvalue weighted by atomic mass is 32.1. The van der Waals surface area contributed by atoms with Crippen molar-refractivity contribution in [3.05, 3.63) is 76.7 Å². The molecule has 6 heteroatoms. The Morgan fingerprint density at radius 3 is 2.50 bits per heavy atom. The van der Waals surface area contributed by atoms with E-state index in [1.165, 1.54) is 4.88 Å². The number of carbonyl (C=O) groups is 1. The number of carbonyl (C=O) groups excluding carboxylic acids is 1. The summed E-state index contributed by atoms with van der Waals surface area (Å²) in [5.74, 6) is 1.47. The fourth-order valence-electron chi connectivity index (χ4n) is 3.29. The molecule has 1 aliphatic rings. The number of hydrogen-bond acceptors (Lipinski definition) is 5. The molecule has 5 nitrogen and oxygen atoms in total. The Labute approximate surface area is 169 Å². The van der Waals surface area contributed by atoms with Crippen LogP contribution in [0.3, 0.4) is 0 Å². The topological polar surface area (TPSA) is 45.7 Å². The van der Waals surface area contributed by atoms with Crippen molar-refractivity contribution in [2.75, 3.05) is 32.7 Å². The number of ether oxygens (including phenoxy) is 1. The Kier molecular flexibility index (Phi) is 5.99. The van der Waals surface area contributed by atoms with Gasteiger partial charge in [0.1, 0.15) is 11.5 Å². The van der Waals surface area contributed by atoms with Crippen LogP contribution in [-0.4, -0.2) is 53.4 Å². The van der Waals surface area contributed by atoms with E-state index in [2.05, 4.69) is 27.4 Å². The Hall–Kier alpha value is -2.70. The summed E-state index contributed by atoms with van der Waals surface area (Å²) < 4.78 is 5.74. The molecule has 3 heterocycles. The van der Waals surface area contributed by atoms with Gasteiger partial charge in [0.05, 0.1) is 6.20 Å². The third-order valence-electron chi connectivity index (χ3n) is 4.89. The lowest BCUT2D eigenvalue weighted by molar-refractivity contribution is 0.0639. The molecule has 1 fully saturated rings. The second-order valence-electron chi connectivity index (χ2n) is 6.78. The van der Waals surface area contributed by atoms with Gasteiger partial charge in [-0.1, -0.05) is 6.07 Å². The SMILES string of the molecule is O=C(c1ccc(Oc2cccnc2)cc1)N1CCN(CCc2cccs2)CC1. The summed E-state index contributed by atoms with van der Waals surface area (Å²) in [6, 6.07) is 15.3. The van der Waals surface area contributed by atoms with Gasteiger partial charge < -0.3 is 9.64 Å². The maximum Gasteiger partial charge on any atom is 0.253 e. The van der Waals surface area contributed by atoms with Gasteiger partial charge in [0.25, 0.3) is 5.91 Å². The molecule has 2 aromatic heterocycles. The number of aromatic nitrogens is 1. The monoisotopic (exact) mass is 393 g/mol. The first-order chi connectivity index (χ1) is 13.8. The number of hydrogen-bond donors (Lipinski definition) is 0. The van der Waals surface area contributed by atoms with Crippen LogP contribution in [0.2, 0.25) is 0 Å². The van der Waals surface area contributed by atoms with Crippen molar-refractivity contribution < 1.29 is 9.53 Å². The average molecular weight is 394 g/mol. The molecular formula is C22H23N3O2S. The highest BCUT2D eigenvalue weighted by Gasteiger charge is 2.22. The summed E-state index contributed by atoms with van der Waals surface area (Å²) in [5.41, 5.74) is 0.700. The Balaban J connectivity index is 1.27. The van der Waals surface area contributed by atoms with Crippen molar-refractivity contribution in [2.24, 2.45) is 0 Å². The van der Waals surface area contributed by atoms with Gasteiger partial charge in [-0.25, -0.2) is 0 Å². The lowest BCUT2D eigenvalue weighted by atomic mass is 10.1. The molecule has 144 valence electrons. The Bertz CT molecular complexity index is 874. The van der Waals surface area contributed by atoms with E-state index in [-0.39, 0.29) is 5.91 Å². The van der Waals surface area contributed by atoms with Crippen molar-refractivity contribution in [2.45, 2.75) is 6.42 Å². The first kappa shape index (κ1) is 18.7. The molecule has 1 aliphatic heterocycles. The zero-order valence-corrected chi connectivity index (χ0v) is 16.5. The van der Waals surface area contributed by atoms with Crippen molar-refractivity contribution in [3.8, 4) is 11.5 Å². The summed E-state index contributed by atoms with van der Waals surface area (Å²) >= 11 is 1.81. The fourth-order valence-corrected chi connectivity index (χ4v) is 3.99. The number of piperazine rings is 1. The zero-order chi connectivity index (χ0) is 19.2. The summed E-state index contributed by atoms with van der Waals surface area (Å²) in [5, 5.41) is 2.12. The first-order valence-corrected chi connectivity index (χ1v) is 10.4. The minimum absolute atomic E-state index is 0.0887. The van der Waals surface area contributed by atoms with Crippen LogP contribution in [0.1, 0.15) is 15.2 Å². The van der Waals surface area contributed by atoms with Gasteiger partial charge in [-0.3, -0.25) is 14.7 Å². The van der Waals surface area contributed by atoms with Crippen LogP contribution >= 0.6 is 11.3 Å². The van der Waals surface area contributed by atoms with E-state index in [4.69, 9.17) is 4.74 Å². The number of rotatable bonds is 6. The van der Waals surface area contributed by atoms with E-state index < -0.39 is 0 Å². The first-order valence-electron chi connectivity index (χ1n) is 9.50. The van der Waals surface area contributed by atoms with E-state index in [0.717, 1.165) is 39.1 Å². The molecule has 0 spiro atoms. The molecule has 0 saturated carbocycles. The van der Waals surface area contributed by atoms with Gasteiger partial charge in [-0.15, -0.1) is 11.3 Å².